The minimum Gasteiger partial charge on any atom is -0.481 e. The van der Waals surface area contributed by atoms with Gasteiger partial charge < -0.3 is 15.1 Å². The van der Waals surface area contributed by atoms with Gasteiger partial charge in [-0.3, -0.25) is 14.4 Å². The van der Waals surface area contributed by atoms with Gasteiger partial charge in [0.1, 0.15) is 16.8 Å². The molecule has 3 fully saturated rings. The van der Waals surface area contributed by atoms with Crippen molar-refractivity contribution in [1.29, 1.82) is 0 Å². The van der Waals surface area contributed by atoms with Gasteiger partial charge in [0.05, 0.1) is 5.57 Å². The van der Waals surface area contributed by atoms with Crippen LogP contribution < -0.4 is 0 Å². The summed E-state index contributed by atoms with van der Waals surface area (Å²) in [7, 11) is 0. The largest absolute Gasteiger partial charge is 0.481 e. The summed E-state index contributed by atoms with van der Waals surface area (Å²) >= 11 is 1.41. The fourth-order valence-electron chi connectivity index (χ4n) is 2.64. The molecule has 0 unspecified atom stereocenters. The van der Waals surface area contributed by atoms with E-state index in [-0.39, 0.29) is 17.1 Å². The Morgan fingerprint density at radius 3 is 2.12 bits per heavy atom. The maximum Gasteiger partial charge on any atom is 0.327 e. The summed E-state index contributed by atoms with van der Waals surface area (Å²) in [5.41, 5.74) is -0.501. The molecule has 0 bridgehead atoms. The second kappa shape index (κ2) is 6.67. The minimum absolute atomic E-state index is 0.190. The van der Waals surface area contributed by atoms with Gasteiger partial charge in [0.25, 0.3) is 5.91 Å². The fraction of sp³-hybridized carbons (Fsp3) is 0.625. The lowest BCUT2D eigenvalue weighted by Gasteiger charge is -2.38. The highest BCUT2D eigenvalue weighted by Crippen LogP contribution is 2.52. The van der Waals surface area contributed by atoms with Crippen molar-refractivity contribution in [2.45, 2.75) is 57.1 Å². The highest BCUT2D eigenvalue weighted by molar-refractivity contribution is 8.01. The van der Waals surface area contributed by atoms with Crippen molar-refractivity contribution in [3.05, 3.63) is 11.6 Å². The Labute approximate surface area is 154 Å². The number of carboxylic acids is 2. The molecule has 0 aliphatic carbocycles. The Morgan fingerprint density at radius 2 is 1.77 bits per heavy atom. The summed E-state index contributed by atoms with van der Waals surface area (Å²) in [4.78, 5) is 54.4. The van der Waals surface area contributed by atoms with E-state index in [1.54, 1.807) is 27.7 Å². The number of allylic oxidation sites excluding steroid dienone is 1. The molecule has 3 rings (SSSR count). The zero-order valence-electron chi connectivity index (χ0n) is 15.0. The second-order valence-corrected chi connectivity index (χ2v) is 9.02. The maximum atomic E-state index is 11.8. The predicted molar refractivity (Wildman–Crippen MR) is 89.9 cm³/mol. The summed E-state index contributed by atoms with van der Waals surface area (Å²) in [6, 6.07) is -0.825. The predicted octanol–water partition coefficient (Wildman–Crippen LogP) is 1.03. The number of fused-ring (bicyclic) bond motifs is 1. The number of nitrogens with zero attached hydrogens (tertiary/aromatic N) is 1. The number of carbonyl (C=O) groups excluding carboxylic acids is 2. The van der Waals surface area contributed by atoms with Gasteiger partial charge in [0.2, 0.25) is 6.29 Å². The van der Waals surface area contributed by atoms with Crippen molar-refractivity contribution >= 4 is 35.4 Å². The van der Waals surface area contributed by atoms with Crippen LogP contribution in [-0.4, -0.2) is 61.2 Å². The van der Waals surface area contributed by atoms with Gasteiger partial charge in [-0.25, -0.2) is 4.79 Å². The average Bonchev–Trinajstić information content (AvgIpc) is 3.30. The lowest BCUT2D eigenvalue weighted by Crippen LogP contribution is -2.58. The number of hydrogen-bond acceptors (Lipinski definition) is 7. The van der Waals surface area contributed by atoms with Crippen LogP contribution in [0.25, 0.3) is 0 Å². The van der Waals surface area contributed by atoms with Gasteiger partial charge in [-0.1, -0.05) is 0 Å². The molecule has 3 heterocycles. The molecule has 0 radical (unpaired) electrons. The van der Waals surface area contributed by atoms with Crippen molar-refractivity contribution < 1.29 is 39.2 Å². The SMILES string of the molecule is CC(=O)C=C1C(=O)N2[C@@H]1SC(C)(C)[C@@H]2C(=O)O.CC(C)(C(=O)O)C1OO1. The van der Waals surface area contributed by atoms with Crippen LogP contribution in [0.1, 0.15) is 34.6 Å². The van der Waals surface area contributed by atoms with E-state index in [2.05, 4.69) is 9.78 Å². The van der Waals surface area contributed by atoms with Crippen molar-refractivity contribution in [3.63, 3.8) is 0 Å². The highest BCUT2D eigenvalue weighted by atomic mass is 32.2. The van der Waals surface area contributed by atoms with Gasteiger partial charge in [-0.15, -0.1) is 11.8 Å². The summed E-state index contributed by atoms with van der Waals surface area (Å²) in [6.07, 6.45) is 0.742. The second-order valence-electron chi connectivity index (χ2n) is 7.29. The number of β-lactam (4-membered cyclic amide) rings is 1. The molecular weight excluding hydrogens is 366 g/mol. The van der Waals surface area contributed by atoms with Crippen LogP contribution in [-0.2, 0) is 29.0 Å². The zero-order valence-corrected chi connectivity index (χ0v) is 15.8. The summed E-state index contributed by atoms with van der Waals surface area (Å²) in [5, 5.41) is 17.4. The first-order valence-corrected chi connectivity index (χ1v) is 8.69. The van der Waals surface area contributed by atoms with Gasteiger partial charge in [-0.05, 0) is 40.7 Å². The van der Waals surface area contributed by atoms with Gasteiger partial charge in [-0.2, -0.15) is 9.78 Å². The van der Waals surface area contributed by atoms with Crippen molar-refractivity contribution in [1.82, 2.24) is 4.90 Å². The molecule has 26 heavy (non-hydrogen) atoms. The third-order valence-corrected chi connectivity index (χ3v) is 5.81. The van der Waals surface area contributed by atoms with E-state index in [4.69, 9.17) is 10.2 Å². The molecule has 3 aliphatic heterocycles. The van der Waals surface area contributed by atoms with Crippen LogP contribution in [0.15, 0.2) is 11.6 Å². The quantitative estimate of drug-likeness (QED) is 0.313. The molecule has 144 valence electrons. The van der Waals surface area contributed by atoms with Gasteiger partial charge in [0.15, 0.2) is 5.78 Å². The van der Waals surface area contributed by atoms with Crippen molar-refractivity contribution in [2.24, 2.45) is 5.41 Å². The van der Waals surface area contributed by atoms with E-state index in [1.807, 2.05) is 0 Å². The maximum absolute atomic E-state index is 11.8. The topological polar surface area (TPSA) is 137 Å². The van der Waals surface area contributed by atoms with E-state index < -0.39 is 34.4 Å². The number of hydrogen-bond donors (Lipinski definition) is 2. The molecule has 3 saturated heterocycles. The summed E-state index contributed by atoms with van der Waals surface area (Å²) in [5.74, 6) is -2.44. The number of thioether (sulfide) groups is 1. The number of amides is 1. The Balaban J connectivity index is 0.000000228. The molecule has 0 aromatic heterocycles. The minimum atomic E-state index is -1.000. The first kappa shape index (κ1) is 20.4. The molecule has 2 N–H and O–H groups in total. The molecule has 0 aromatic rings. The lowest BCUT2D eigenvalue weighted by atomic mass is 9.94. The normalized spacial score (nSPS) is 28.0. The molecule has 2 atom stereocenters. The van der Waals surface area contributed by atoms with E-state index in [9.17, 15) is 19.2 Å². The van der Waals surface area contributed by atoms with Crippen molar-refractivity contribution in [2.75, 3.05) is 0 Å². The molecule has 0 saturated carbocycles. The Kier molecular flexibility index (Phi) is 5.24. The van der Waals surface area contributed by atoms with Crippen molar-refractivity contribution in [3.8, 4) is 0 Å². The first-order valence-electron chi connectivity index (χ1n) is 7.81. The fourth-order valence-corrected chi connectivity index (χ4v) is 4.19. The third-order valence-electron chi connectivity index (χ3n) is 4.28. The van der Waals surface area contributed by atoms with Crippen LogP contribution in [0.2, 0.25) is 0 Å². The van der Waals surface area contributed by atoms with Crippen LogP contribution in [0.4, 0.5) is 0 Å². The molecular formula is C16H21NO8S. The molecule has 9 nitrogen and oxygen atoms in total. The van der Waals surface area contributed by atoms with E-state index >= 15 is 0 Å². The van der Waals surface area contributed by atoms with Crippen LogP contribution in [0.3, 0.4) is 0 Å². The Hall–Kier alpha value is -1.91. The third kappa shape index (κ3) is 3.62. The van der Waals surface area contributed by atoms with Gasteiger partial charge in [0, 0.05) is 4.75 Å². The smallest absolute Gasteiger partial charge is 0.327 e. The van der Waals surface area contributed by atoms with E-state index in [0.29, 0.717) is 5.57 Å². The molecule has 3 aliphatic rings. The Bertz CT molecular complexity index is 694. The zero-order chi connectivity index (χ0) is 20.0. The average molecular weight is 387 g/mol. The number of ketones is 1. The number of carboxylic acid groups (broad SMARTS) is 2. The monoisotopic (exact) mass is 387 g/mol. The highest BCUT2D eigenvalue weighted by Gasteiger charge is 2.61. The summed E-state index contributed by atoms with van der Waals surface area (Å²) in [6.45, 7) is 8.07. The van der Waals surface area contributed by atoms with Crippen LogP contribution >= 0.6 is 11.8 Å². The van der Waals surface area contributed by atoms with Gasteiger partial charge >= 0.3 is 11.9 Å². The molecule has 10 heteroatoms. The molecule has 0 aromatic carbocycles. The van der Waals surface area contributed by atoms with Crippen LogP contribution in [0.5, 0.6) is 0 Å². The number of carbonyl (C=O) groups is 4. The number of rotatable bonds is 4. The standard InChI is InChI=1S/C11H13NO4S.C5H8O4/c1-5(13)4-6-8(14)12-7(10(15)16)11(2,3)17-9(6)12;1-5(2,3(6)7)4-8-9-4/h4,7,9H,1-3H3,(H,15,16);4H,1-2H3,(H,6,7)/t7-,9+;/m0./s1. The number of aliphatic carboxylic acids is 2. The Morgan fingerprint density at radius 1 is 1.23 bits per heavy atom. The first-order chi connectivity index (χ1) is 11.8. The lowest BCUT2D eigenvalue weighted by molar-refractivity contribution is -0.152. The molecule has 0 spiro atoms. The summed E-state index contributed by atoms with van der Waals surface area (Å²) < 4.78 is -0.543. The molecule has 1 amide bonds. The van der Waals surface area contributed by atoms with E-state index in [0.717, 1.165) is 0 Å². The van der Waals surface area contributed by atoms with Crippen LogP contribution in [0, 0.1) is 5.41 Å². The van der Waals surface area contributed by atoms with E-state index in [1.165, 1.54) is 29.7 Å².